The van der Waals surface area contributed by atoms with Crippen LogP contribution in [0.5, 0.6) is 0 Å². The summed E-state index contributed by atoms with van der Waals surface area (Å²) in [6.07, 6.45) is 13.1. The maximum atomic E-state index is 4.64. The summed E-state index contributed by atoms with van der Waals surface area (Å²) in [5.74, 6) is 2.80. The molecule has 2 atom stereocenters. The van der Waals surface area contributed by atoms with Gasteiger partial charge in [0.15, 0.2) is 0 Å². The Kier molecular flexibility index (Phi) is 9.33. The number of hydrogen-bond acceptors (Lipinski definition) is 1. The Bertz CT molecular complexity index is 460. The van der Waals surface area contributed by atoms with Crippen molar-refractivity contribution in [2.75, 3.05) is 0 Å². The summed E-state index contributed by atoms with van der Waals surface area (Å²) in [7, 11) is 0. The van der Waals surface area contributed by atoms with Gasteiger partial charge in [0.05, 0.1) is 0 Å². The molecule has 1 fully saturated rings. The van der Waals surface area contributed by atoms with Crippen LogP contribution in [0.15, 0.2) is 41.1 Å². The van der Waals surface area contributed by atoms with Crippen LogP contribution in [0.3, 0.4) is 0 Å². The van der Waals surface area contributed by atoms with Gasteiger partial charge in [-0.2, -0.15) is 0 Å². The van der Waals surface area contributed by atoms with Gasteiger partial charge >= 0.3 is 0 Å². The average Bonchev–Trinajstić information content (AvgIpc) is 2.58. The molecule has 1 saturated carbocycles. The van der Waals surface area contributed by atoms with E-state index in [1.807, 2.05) is 6.21 Å². The Balaban J connectivity index is 2.46. The largest absolute Gasteiger partial charge is 0.262 e. The van der Waals surface area contributed by atoms with Gasteiger partial charge in [-0.15, -0.1) is 6.58 Å². The van der Waals surface area contributed by atoms with Crippen molar-refractivity contribution >= 4 is 6.21 Å². The molecule has 0 bridgehead atoms. The summed E-state index contributed by atoms with van der Waals surface area (Å²) in [4.78, 5) is 4.64. The number of allylic oxidation sites excluding steroid dienone is 4. The molecule has 0 aromatic heterocycles. The number of rotatable bonds is 9. The van der Waals surface area contributed by atoms with Crippen molar-refractivity contribution in [3.05, 3.63) is 36.1 Å². The Labute approximate surface area is 151 Å². The van der Waals surface area contributed by atoms with Crippen LogP contribution >= 0.6 is 0 Å². The van der Waals surface area contributed by atoms with Crippen LogP contribution in [-0.2, 0) is 0 Å². The van der Waals surface area contributed by atoms with Crippen molar-refractivity contribution < 1.29 is 0 Å². The highest BCUT2D eigenvalue weighted by molar-refractivity contribution is 5.73. The zero-order valence-corrected chi connectivity index (χ0v) is 16.8. The molecule has 1 aliphatic carbocycles. The van der Waals surface area contributed by atoms with Gasteiger partial charge in [-0.3, -0.25) is 4.99 Å². The minimum Gasteiger partial charge on any atom is -0.262 e. The van der Waals surface area contributed by atoms with E-state index in [0.717, 1.165) is 18.0 Å². The van der Waals surface area contributed by atoms with Gasteiger partial charge in [0.1, 0.15) is 0 Å². The Hall–Kier alpha value is -1.11. The summed E-state index contributed by atoms with van der Waals surface area (Å²) >= 11 is 0. The van der Waals surface area contributed by atoms with Gasteiger partial charge < -0.3 is 0 Å². The van der Waals surface area contributed by atoms with E-state index in [9.17, 15) is 0 Å². The zero-order chi connectivity index (χ0) is 18.1. The summed E-state index contributed by atoms with van der Waals surface area (Å²) in [5, 5.41) is 0. The van der Waals surface area contributed by atoms with E-state index in [1.54, 1.807) is 0 Å². The van der Waals surface area contributed by atoms with Gasteiger partial charge in [0, 0.05) is 17.8 Å². The van der Waals surface area contributed by atoms with E-state index >= 15 is 0 Å². The lowest BCUT2D eigenvalue weighted by molar-refractivity contribution is 0.294. The van der Waals surface area contributed by atoms with Crippen molar-refractivity contribution in [2.24, 2.45) is 28.7 Å². The normalized spacial score (nSPS) is 24.8. The molecule has 1 nitrogen and oxygen atoms in total. The maximum Gasteiger partial charge on any atom is 0.0362 e. The SMILES string of the molecule is C=C(C)CCC(C)C(C)/C(C)=C/C=NC(=C)C1CCC(CC)CC1. The highest BCUT2D eigenvalue weighted by atomic mass is 14.7. The standard InChI is InChI=1S/C23H39N/c1-8-22-11-13-23(14-12-22)21(7)24-16-15-19(5)20(6)18(4)10-9-17(2)3/h15-16,18,20,22-23H,2,7-14H2,1,3-6H3/b19-15+,24-16?. The first-order valence-electron chi connectivity index (χ1n) is 9.89. The van der Waals surface area contributed by atoms with Gasteiger partial charge in [0.2, 0.25) is 0 Å². The molecule has 2 unspecified atom stereocenters. The van der Waals surface area contributed by atoms with Crippen LogP contribution in [0.1, 0.15) is 79.6 Å². The van der Waals surface area contributed by atoms with E-state index in [-0.39, 0.29) is 0 Å². The molecule has 1 rings (SSSR count). The van der Waals surface area contributed by atoms with E-state index in [1.165, 1.54) is 49.7 Å². The summed E-state index contributed by atoms with van der Waals surface area (Å²) in [6.45, 7) is 19.5. The lowest BCUT2D eigenvalue weighted by Gasteiger charge is -2.27. The third kappa shape index (κ3) is 7.20. The molecule has 0 spiro atoms. The highest BCUT2D eigenvalue weighted by Crippen LogP contribution is 2.34. The Morgan fingerprint density at radius 3 is 2.29 bits per heavy atom. The molecule has 0 aromatic carbocycles. The second-order valence-corrected chi connectivity index (χ2v) is 8.07. The van der Waals surface area contributed by atoms with E-state index < -0.39 is 0 Å². The fraction of sp³-hybridized carbons (Fsp3) is 0.696. The minimum atomic E-state index is 0.587. The predicted molar refractivity (Wildman–Crippen MR) is 110 cm³/mol. The highest BCUT2D eigenvalue weighted by Gasteiger charge is 2.21. The molecular weight excluding hydrogens is 290 g/mol. The summed E-state index contributed by atoms with van der Waals surface area (Å²) in [6, 6.07) is 0. The molecule has 0 N–H and O–H groups in total. The van der Waals surface area contributed by atoms with Crippen molar-refractivity contribution in [3.8, 4) is 0 Å². The Morgan fingerprint density at radius 1 is 1.12 bits per heavy atom. The molecule has 0 radical (unpaired) electrons. The van der Waals surface area contributed by atoms with Gasteiger partial charge in [-0.25, -0.2) is 0 Å². The van der Waals surface area contributed by atoms with Crippen LogP contribution in [0.4, 0.5) is 0 Å². The fourth-order valence-electron chi connectivity index (χ4n) is 3.58. The third-order valence-electron chi connectivity index (χ3n) is 6.07. The lowest BCUT2D eigenvalue weighted by Crippen LogP contribution is -2.14. The van der Waals surface area contributed by atoms with Crippen LogP contribution in [0.25, 0.3) is 0 Å². The number of hydrogen-bond donors (Lipinski definition) is 0. The van der Waals surface area contributed by atoms with Gasteiger partial charge in [-0.05, 0) is 76.2 Å². The molecule has 0 aromatic rings. The van der Waals surface area contributed by atoms with Crippen molar-refractivity contribution in [1.82, 2.24) is 0 Å². The molecule has 0 saturated heterocycles. The maximum absolute atomic E-state index is 4.64. The monoisotopic (exact) mass is 329 g/mol. The number of aliphatic imine (C=N–C) groups is 1. The van der Waals surface area contributed by atoms with E-state index in [2.05, 4.69) is 58.8 Å². The van der Waals surface area contributed by atoms with Crippen molar-refractivity contribution in [1.29, 1.82) is 0 Å². The molecule has 136 valence electrons. The number of nitrogens with zero attached hydrogens (tertiary/aromatic N) is 1. The first-order valence-corrected chi connectivity index (χ1v) is 9.89. The first-order chi connectivity index (χ1) is 11.3. The van der Waals surface area contributed by atoms with Gasteiger partial charge in [-0.1, -0.05) is 44.9 Å². The van der Waals surface area contributed by atoms with Gasteiger partial charge in [0.25, 0.3) is 0 Å². The molecule has 24 heavy (non-hydrogen) atoms. The zero-order valence-electron chi connectivity index (χ0n) is 16.8. The average molecular weight is 330 g/mol. The smallest absolute Gasteiger partial charge is 0.0362 e. The van der Waals surface area contributed by atoms with Crippen molar-refractivity contribution in [2.45, 2.75) is 79.6 Å². The fourth-order valence-corrected chi connectivity index (χ4v) is 3.58. The van der Waals surface area contributed by atoms with E-state index in [0.29, 0.717) is 17.8 Å². The summed E-state index contributed by atoms with van der Waals surface area (Å²) in [5.41, 5.74) is 3.78. The van der Waals surface area contributed by atoms with Crippen LogP contribution < -0.4 is 0 Å². The summed E-state index contributed by atoms with van der Waals surface area (Å²) < 4.78 is 0. The van der Waals surface area contributed by atoms with Crippen molar-refractivity contribution in [3.63, 3.8) is 0 Å². The van der Waals surface area contributed by atoms with Crippen LogP contribution in [0, 0.1) is 23.7 Å². The minimum absolute atomic E-state index is 0.587. The Morgan fingerprint density at radius 2 is 1.75 bits per heavy atom. The van der Waals surface area contributed by atoms with Crippen LogP contribution in [0.2, 0.25) is 0 Å². The molecule has 1 heteroatoms. The van der Waals surface area contributed by atoms with E-state index in [4.69, 9.17) is 0 Å². The molecular formula is C23H39N. The molecule has 1 aliphatic rings. The topological polar surface area (TPSA) is 12.4 Å². The van der Waals surface area contributed by atoms with Crippen LogP contribution in [-0.4, -0.2) is 6.21 Å². The first kappa shape index (κ1) is 20.9. The lowest BCUT2D eigenvalue weighted by atomic mass is 9.80. The quantitative estimate of drug-likeness (QED) is 0.309. The second kappa shape index (κ2) is 10.7. The molecule has 0 amide bonds. The molecule has 0 aliphatic heterocycles. The second-order valence-electron chi connectivity index (χ2n) is 8.07. The third-order valence-corrected chi connectivity index (χ3v) is 6.07. The molecule has 0 heterocycles. The predicted octanol–water partition coefficient (Wildman–Crippen LogP) is 7.36.